The minimum atomic E-state index is -1.58. The zero-order valence-corrected chi connectivity index (χ0v) is 15.8. The van der Waals surface area contributed by atoms with Crippen LogP contribution in [-0.4, -0.2) is 0 Å². The molecule has 30 heavy (non-hydrogen) atoms. The standard InChI is InChI=1S/C25H17F4N/c26-22-11-19(9-10-21(22)20-12-23(27)25(29)24(28)13-20)18-7-5-17(6-8-18)16-3-1-15(14-30)2-4-16/h1-13H,14,30H2. The van der Waals surface area contributed by atoms with E-state index >= 15 is 0 Å². The third kappa shape index (κ3) is 3.84. The summed E-state index contributed by atoms with van der Waals surface area (Å²) in [6.45, 7) is 0.484. The van der Waals surface area contributed by atoms with Crippen molar-refractivity contribution in [3.05, 3.63) is 108 Å². The molecule has 0 aliphatic rings. The maximum atomic E-state index is 14.7. The van der Waals surface area contributed by atoms with Crippen molar-refractivity contribution < 1.29 is 17.6 Å². The molecule has 0 amide bonds. The summed E-state index contributed by atoms with van der Waals surface area (Å²) in [7, 11) is 0. The van der Waals surface area contributed by atoms with Crippen LogP contribution in [0.2, 0.25) is 0 Å². The third-order valence-corrected chi connectivity index (χ3v) is 5.01. The van der Waals surface area contributed by atoms with E-state index in [1.54, 1.807) is 6.07 Å². The molecule has 4 aromatic rings. The van der Waals surface area contributed by atoms with Crippen LogP contribution >= 0.6 is 0 Å². The molecule has 0 saturated carbocycles. The van der Waals surface area contributed by atoms with E-state index in [0.717, 1.165) is 34.4 Å². The number of benzene rings is 4. The van der Waals surface area contributed by atoms with Crippen molar-refractivity contribution >= 4 is 0 Å². The first-order valence-corrected chi connectivity index (χ1v) is 9.30. The van der Waals surface area contributed by atoms with Crippen molar-refractivity contribution in [1.29, 1.82) is 0 Å². The fourth-order valence-electron chi connectivity index (χ4n) is 3.33. The predicted octanol–water partition coefficient (Wildman–Crippen LogP) is 6.70. The van der Waals surface area contributed by atoms with E-state index < -0.39 is 23.3 Å². The minimum absolute atomic E-state index is 0.00633. The number of hydrogen-bond donors (Lipinski definition) is 1. The molecule has 0 bridgehead atoms. The largest absolute Gasteiger partial charge is 0.326 e. The molecule has 0 unspecified atom stereocenters. The number of rotatable bonds is 4. The highest BCUT2D eigenvalue weighted by Crippen LogP contribution is 2.31. The van der Waals surface area contributed by atoms with Crippen LogP contribution in [0.25, 0.3) is 33.4 Å². The summed E-state index contributed by atoms with van der Waals surface area (Å²) in [5.74, 6) is -4.94. The Labute approximate surface area is 171 Å². The average molecular weight is 407 g/mol. The van der Waals surface area contributed by atoms with Crippen molar-refractivity contribution in [3.63, 3.8) is 0 Å². The summed E-state index contributed by atoms with van der Waals surface area (Å²) in [6.07, 6.45) is 0. The normalized spacial score (nSPS) is 11.0. The molecule has 2 N–H and O–H groups in total. The Hall–Kier alpha value is -3.44. The van der Waals surface area contributed by atoms with Crippen molar-refractivity contribution in [2.45, 2.75) is 6.54 Å². The van der Waals surface area contributed by atoms with Crippen molar-refractivity contribution in [2.75, 3.05) is 0 Å². The second kappa shape index (κ2) is 8.13. The van der Waals surface area contributed by atoms with Gasteiger partial charge in [0.1, 0.15) is 5.82 Å². The maximum Gasteiger partial charge on any atom is 0.194 e. The van der Waals surface area contributed by atoms with E-state index in [9.17, 15) is 17.6 Å². The van der Waals surface area contributed by atoms with Gasteiger partial charge < -0.3 is 5.73 Å². The summed E-state index contributed by atoms with van der Waals surface area (Å²) < 4.78 is 54.8. The van der Waals surface area contributed by atoms with Gasteiger partial charge in [0.2, 0.25) is 0 Å². The van der Waals surface area contributed by atoms with Gasteiger partial charge in [-0.2, -0.15) is 0 Å². The molecule has 0 spiro atoms. The smallest absolute Gasteiger partial charge is 0.194 e. The van der Waals surface area contributed by atoms with E-state index in [4.69, 9.17) is 5.73 Å². The SMILES string of the molecule is NCc1ccc(-c2ccc(-c3ccc(-c4cc(F)c(F)c(F)c4)c(F)c3)cc2)cc1. The van der Waals surface area contributed by atoms with Gasteiger partial charge in [0.25, 0.3) is 0 Å². The lowest BCUT2D eigenvalue weighted by Crippen LogP contribution is -1.95. The van der Waals surface area contributed by atoms with Gasteiger partial charge in [0.15, 0.2) is 17.5 Å². The fourth-order valence-corrected chi connectivity index (χ4v) is 3.33. The van der Waals surface area contributed by atoms with Gasteiger partial charge in [-0.3, -0.25) is 0 Å². The van der Waals surface area contributed by atoms with Crippen LogP contribution in [0, 0.1) is 23.3 Å². The number of hydrogen-bond acceptors (Lipinski definition) is 1. The number of nitrogens with two attached hydrogens (primary N) is 1. The van der Waals surface area contributed by atoms with Crippen LogP contribution in [0.1, 0.15) is 5.56 Å². The Morgan fingerprint density at radius 1 is 0.500 bits per heavy atom. The number of halogens is 4. The van der Waals surface area contributed by atoms with Crippen LogP contribution in [0.5, 0.6) is 0 Å². The Morgan fingerprint density at radius 3 is 1.43 bits per heavy atom. The van der Waals surface area contributed by atoms with Gasteiger partial charge in [-0.05, 0) is 51.6 Å². The molecule has 4 aromatic carbocycles. The molecule has 0 aliphatic carbocycles. The molecule has 150 valence electrons. The van der Waals surface area contributed by atoms with Gasteiger partial charge in [0.05, 0.1) is 0 Å². The lowest BCUT2D eigenvalue weighted by molar-refractivity contribution is 0.447. The van der Waals surface area contributed by atoms with Crippen molar-refractivity contribution in [2.24, 2.45) is 5.73 Å². The van der Waals surface area contributed by atoms with E-state index in [1.165, 1.54) is 12.1 Å². The lowest BCUT2D eigenvalue weighted by atomic mass is 9.97. The van der Waals surface area contributed by atoms with Crippen LogP contribution in [0.15, 0.2) is 78.9 Å². The molecule has 0 atom stereocenters. The van der Waals surface area contributed by atoms with Crippen LogP contribution in [0.4, 0.5) is 17.6 Å². The van der Waals surface area contributed by atoms with E-state index in [0.29, 0.717) is 12.1 Å². The second-order valence-electron chi connectivity index (χ2n) is 6.93. The Morgan fingerprint density at radius 2 is 0.933 bits per heavy atom. The first-order valence-electron chi connectivity index (χ1n) is 9.30. The summed E-state index contributed by atoms with van der Waals surface area (Å²) in [5, 5.41) is 0. The van der Waals surface area contributed by atoms with Crippen molar-refractivity contribution in [3.8, 4) is 33.4 Å². The highest BCUT2D eigenvalue weighted by atomic mass is 19.2. The van der Waals surface area contributed by atoms with Gasteiger partial charge >= 0.3 is 0 Å². The van der Waals surface area contributed by atoms with Gasteiger partial charge in [-0.15, -0.1) is 0 Å². The van der Waals surface area contributed by atoms with Crippen LogP contribution < -0.4 is 5.73 Å². The fraction of sp³-hybridized carbons (Fsp3) is 0.0400. The van der Waals surface area contributed by atoms with Crippen molar-refractivity contribution in [1.82, 2.24) is 0 Å². The zero-order valence-electron chi connectivity index (χ0n) is 15.8. The van der Waals surface area contributed by atoms with E-state index in [1.807, 2.05) is 48.5 Å². The molecular formula is C25H17F4N. The monoisotopic (exact) mass is 407 g/mol. The molecular weight excluding hydrogens is 390 g/mol. The summed E-state index contributed by atoms with van der Waals surface area (Å²) in [5.41, 5.74) is 10.1. The molecule has 4 rings (SSSR count). The quantitative estimate of drug-likeness (QED) is 0.296. The molecule has 0 aromatic heterocycles. The predicted molar refractivity (Wildman–Crippen MR) is 110 cm³/mol. The topological polar surface area (TPSA) is 26.0 Å². The molecule has 0 aliphatic heterocycles. The van der Waals surface area contributed by atoms with Gasteiger partial charge in [0, 0.05) is 12.1 Å². The first kappa shape index (κ1) is 19.9. The summed E-state index contributed by atoms with van der Waals surface area (Å²) in [4.78, 5) is 0. The molecule has 1 nitrogen and oxygen atoms in total. The zero-order chi connectivity index (χ0) is 21.3. The van der Waals surface area contributed by atoms with Crippen LogP contribution in [0.3, 0.4) is 0 Å². The maximum absolute atomic E-state index is 14.7. The Bertz CT molecular complexity index is 1180. The minimum Gasteiger partial charge on any atom is -0.326 e. The average Bonchev–Trinajstić information content (AvgIpc) is 2.77. The highest BCUT2D eigenvalue weighted by molar-refractivity contribution is 5.73. The third-order valence-electron chi connectivity index (χ3n) is 5.01. The molecule has 0 radical (unpaired) electrons. The Kier molecular flexibility index (Phi) is 5.38. The second-order valence-corrected chi connectivity index (χ2v) is 6.93. The van der Waals surface area contributed by atoms with Gasteiger partial charge in [-0.1, -0.05) is 60.7 Å². The van der Waals surface area contributed by atoms with E-state index in [-0.39, 0.29) is 11.1 Å². The Balaban J connectivity index is 1.62. The van der Waals surface area contributed by atoms with E-state index in [2.05, 4.69) is 0 Å². The summed E-state index contributed by atoms with van der Waals surface area (Å²) >= 11 is 0. The molecule has 0 fully saturated rings. The molecule has 5 heteroatoms. The molecule has 0 heterocycles. The van der Waals surface area contributed by atoms with Crippen LogP contribution in [-0.2, 0) is 6.54 Å². The first-order chi connectivity index (χ1) is 14.5. The van der Waals surface area contributed by atoms with Gasteiger partial charge in [-0.25, -0.2) is 17.6 Å². The highest BCUT2D eigenvalue weighted by Gasteiger charge is 2.14. The lowest BCUT2D eigenvalue weighted by Gasteiger charge is -2.09. The summed E-state index contributed by atoms with van der Waals surface area (Å²) in [6, 6.07) is 21.5. The molecule has 0 saturated heterocycles.